The number of hydrogen-bond donors (Lipinski definition) is 0. The van der Waals surface area contributed by atoms with Crippen molar-refractivity contribution in [2.75, 3.05) is 0 Å². The van der Waals surface area contributed by atoms with Gasteiger partial charge in [-0.15, -0.1) is 0 Å². The summed E-state index contributed by atoms with van der Waals surface area (Å²) >= 11 is 1.64. The van der Waals surface area contributed by atoms with E-state index in [1.165, 1.54) is 0 Å². The number of rotatable bonds is 0. The fourth-order valence-corrected chi connectivity index (χ4v) is 0.896. The summed E-state index contributed by atoms with van der Waals surface area (Å²) in [6.45, 7) is 0. The molecule has 0 spiro atoms. The molecule has 1 aromatic rings. The normalized spacial score (nSPS) is 13.1. The molecule has 1 aliphatic rings. The lowest BCUT2D eigenvalue weighted by molar-refractivity contribution is 0.996. The lowest BCUT2D eigenvalue weighted by atomic mass is 10.8. The SMILES string of the molecule is c1cnc2c(n1)S2. The van der Waals surface area contributed by atoms with Gasteiger partial charge in [-0.2, -0.15) is 0 Å². The minimum absolute atomic E-state index is 1.09. The van der Waals surface area contributed by atoms with Gasteiger partial charge >= 0.3 is 0 Å². The van der Waals surface area contributed by atoms with Crippen molar-refractivity contribution < 1.29 is 0 Å². The fourth-order valence-electron chi connectivity index (χ4n) is 0.431. The van der Waals surface area contributed by atoms with Gasteiger partial charge in [0.15, 0.2) is 0 Å². The Kier molecular flexibility index (Phi) is 0.481. The molecule has 1 aromatic heterocycles. The Balaban J connectivity index is 2.73. The zero-order valence-electron chi connectivity index (χ0n) is 3.46. The van der Waals surface area contributed by atoms with Crippen LogP contribution in [-0.4, -0.2) is 9.97 Å². The van der Waals surface area contributed by atoms with E-state index in [1.54, 1.807) is 24.2 Å². The Morgan fingerprint density at radius 2 is 1.71 bits per heavy atom. The van der Waals surface area contributed by atoms with Gasteiger partial charge in [-0.05, 0) is 11.8 Å². The highest BCUT2D eigenvalue weighted by Gasteiger charge is 2.19. The quantitative estimate of drug-likeness (QED) is 0.472. The predicted octanol–water partition coefficient (Wildman–Crippen LogP) is 0.941. The van der Waals surface area contributed by atoms with Gasteiger partial charge in [-0.1, -0.05) is 0 Å². The number of hydrogen-bond acceptors (Lipinski definition) is 3. The molecule has 0 amide bonds. The Morgan fingerprint density at radius 1 is 1.14 bits per heavy atom. The second-order valence-corrected chi connectivity index (χ2v) is 2.25. The summed E-state index contributed by atoms with van der Waals surface area (Å²) in [5.41, 5.74) is 0. The van der Waals surface area contributed by atoms with Crippen molar-refractivity contribution in [1.82, 2.24) is 9.97 Å². The lowest BCUT2D eigenvalue weighted by Crippen LogP contribution is -1.65. The van der Waals surface area contributed by atoms with Crippen LogP contribution in [0.5, 0.6) is 0 Å². The Hall–Kier alpha value is -0.570. The van der Waals surface area contributed by atoms with Gasteiger partial charge in [-0.25, -0.2) is 9.97 Å². The minimum Gasteiger partial charge on any atom is -0.245 e. The molecule has 0 atom stereocenters. The van der Waals surface area contributed by atoms with Crippen molar-refractivity contribution in [2.45, 2.75) is 10.1 Å². The molecular formula is C4H2N2S. The molecule has 1 aliphatic heterocycles. The predicted molar refractivity (Wildman–Crippen MR) is 26.2 cm³/mol. The first-order valence-corrected chi connectivity index (χ1v) is 2.77. The molecule has 0 aromatic carbocycles. The van der Waals surface area contributed by atoms with E-state index in [0.717, 1.165) is 10.1 Å². The standard InChI is InChI=1S/C4H2N2S/c1-2-6-4-3(5-1)7-4/h1-2H. The average molecular weight is 110 g/mol. The average Bonchev–Trinajstić information content (AvgIpc) is 2.41. The van der Waals surface area contributed by atoms with Crippen LogP contribution in [0.2, 0.25) is 0 Å². The van der Waals surface area contributed by atoms with Crippen LogP contribution in [0, 0.1) is 0 Å². The third kappa shape index (κ3) is 0.413. The van der Waals surface area contributed by atoms with E-state index in [-0.39, 0.29) is 0 Å². The third-order valence-electron chi connectivity index (χ3n) is 0.785. The van der Waals surface area contributed by atoms with E-state index >= 15 is 0 Å². The molecule has 0 N–H and O–H groups in total. The largest absolute Gasteiger partial charge is 0.245 e. The first kappa shape index (κ1) is 3.43. The summed E-state index contributed by atoms with van der Waals surface area (Å²) in [6.07, 6.45) is 3.41. The number of fused-ring (bicyclic) bond motifs is 1. The van der Waals surface area contributed by atoms with Crippen molar-refractivity contribution in [3.63, 3.8) is 0 Å². The van der Waals surface area contributed by atoms with E-state index in [9.17, 15) is 0 Å². The van der Waals surface area contributed by atoms with Crippen LogP contribution >= 0.6 is 11.8 Å². The molecule has 2 rings (SSSR count). The van der Waals surface area contributed by atoms with Crippen LogP contribution < -0.4 is 0 Å². The molecule has 0 fully saturated rings. The highest BCUT2D eigenvalue weighted by molar-refractivity contribution is 8.04. The molecule has 2 nitrogen and oxygen atoms in total. The van der Waals surface area contributed by atoms with Crippen LogP contribution in [0.25, 0.3) is 0 Å². The van der Waals surface area contributed by atoms with Crippen molar-refractivity contribution in [3.05, 3.63) is 12.4 Å². The maximum Gasteiger partial charge on any atom is 0.135 e. The first-order valence-electron chi connectivity index (χ1n) is 1.96. The Morgan fingerprint density at radius 3 is 2.14 bits per heavy atom. The van der Waals surface area contributed by atoms with Crippen molar-refractivity contribution in [3.8, 4) is 0 Å². The second kappa shape index (κ2) is 0.980. The minimum atomic E-state index is 1.09. The molecule has 0 saturated carbocycles. The summed E-state index contributed by atoms with van der Waals surface area (Å²) in [4.78, 5) is 7.94. The highest BCUT2D eigenvalue weighted by Crippen LogP contribution is 2.43. The van der Waals surface area contributed by atoms with Gasteiger partial charge in [0.25, 0.3) is 0 Å². The molecule has 0 bridgehead atoms. The van der Waals surface area contributed by atoms with Crippen molar-refractivity contribution >= 4 is 11.8 Å². The van der Waals surface area contributed by atoms with Crippen LogP contribution in [0.3, 0.4) is 0 Å². The number of aromatic nitrogens is 2. The van der Waals surface area contributed by atoms with Crippen molar-refractivity contribution in [1.29, 1.82) is 0 Å². The monoisotopic (exact) mass is 110 g/mol. The van der Waals surface area contributed by atoms with Crippen LogP contribution in [0.1, 0.15) is 0 Å². The van der Waals surface area contributed by atoms with Gasteiger partial charge < -0.3 is 0 Å². The van der Waals surface area contributed by atoms with Crippen LogP contribution in [-0.2, 0) is 0 Å². The fraction of sp³-hybridized carbons (Fsp3) is 0. The van der Waals surface area contributed by atoms with Gasteiger partial charge in [-0.3, -0.25) is 0 Å². The smallest absolute Gasteiger partial charge is 0.135 e. The highest BCUT2D eigenvalue weighted by atomic mass is 32.2. The summed E-state index contributed by atoms with van der Waals surface area (Å²) in [6, 6.07) is 0. The maximum atomic E-state index is 3.97. The van der Waals surface area contributed by atoms with Crippen LogP contribution in [0.15, 0.2) is 22.4 Å². The van der Waals surface area contributed by atoms with Crippen molar-refractivity contribution in [2.24, 2.45) is 0 Å². The first-order chi connectivity index (χ1) is 3.47. The van der Waals surface area contributed by atoms with E-state index in [4.69, 9.17) is 0 Å². The number of nitrogens with zero attached hydrogens (tertiary/aromatic N) is 2. The molecule has 0 saturated heterocycles. The summed E-state index contributed by atoms with van der Waals surface area (Å²) in [7, 11) is 0. The van der Waals surface area contributed by atoms with E-state index in [1.807, 2.05) is 0 Å². The molecule has 0 radical (unpaired) electrons. The zero-order valence-corrected chi connectivity index (χ0v) is 4.27. The maximum absolute atomic E-state index is 3.97. The third-order valence-corrected chi connectivity index (χ3v) is 1.56. The zero-order chi connectivity index (χ0) is 4.69. The summed E-state index contributed by atoms with van der Waals surface area (Å²) in [5.74, 6) is 0. The molecule has 34 valence electrons. The van der Waals surface area contributed by atoms with E-state index in [0.29, 0.717) is 0 Å². The van der Waals surface area contributed by atoms with Gasteiger partial charge in [0.2, 0.25) is 0 Å². The van der Waals surface area contributed by atoms with Gasteiger partial charge in [0, 0.05) is 12.4 Å². The van der Waals surface area contributed by atoms with E-state index < -0.39 is 0 Å². The second-order valence-electron chi connectivity index (χ2n) is 1.27. The molecular weight excluding hydrogens is 108 g/mol. The molecule has 0 unspecified atom stereocenters. The Bertz CT molecular complexity index is 178. The van der Waals surface area contributed by atoms with Gasteiger partial charge in [0.05, 0.1) is 0 Å². The topological polar surface area (TPSA) is 25.8 Å². The molecule has 0 aliphatic carbocycles. The lowest BCUT2D eigenvalue weighted by Gasteiger charge is -1.67. The van der Waals surface area contributed by atoms with Gasteiger partial charge in [0.1, 0.15) is 10.1 Å². The molecule has 3 heteroatoms. The summed E-state index contributed by atoms with van der Waals surface area (Å²) < 4.78 is 0. The molecule has 2 heterocycles. The summed E-state index contributed by atoms with van der Waals surface area (Å²) in [5, 5.41) is 2.17. The van der Waals surface area contributed by atoms with Crippen LogP contribution in [0.4, 0.5) is 0 Å². The molecule has 7 heavy (non-hydrogen) atoms. The van der Waals surface area contributed by atoms with E-state index in [2.05, 4.69) is 9.97 Å². The Labute approximate surface area is 45.0 Å².